The number of hydrogen-bond donors (Lipinski definition) is 1. The maximum absolute atomic E-state index is 14.6. The molecule has 4 nitrogen and oxygen atoms in total. The molecule has 2 N–H and O–H groups in total. The van der Waals surface area contributed by atoms with E-state index >= 15 is 0 Å². The molecule has 0 radical (unpaired) electrons. The number of carbonyl (C=O) groups excluding carboxylic acids is 1. The third-order valence-electron chi connectivity index (χ3n) is 5.81. The van der Waals surface area contributed by atoms with Crippen molar-refractivity contribution in [3.63, 3.8) is 0 Å². The molecular weight excluding hydrogens is 430 g/mol. The van der Waals surface area contributed by atoms with Gasteiger partial charge in [-0.15, -0.1) is 0 Å². The Morgan fingerprint density at radius 2 is 2.03 bits per heavy atom. The molecule has 9 heteroatoms. The minimum atomic E-state index is -4.62. The second-order valence-corrected chi connectivity index (χ2v) is 8.91. The second kappa shape index (κ2) is 7.94. The van der Waals surface area contributed by atoms with Crippen molar-refractivity contribution >= 4 is 22.7 Å². The monoisotopic (exact) mass is 451 g/mol. The normalized spacial score (nSPS) is 23.1. The van der Waals surface area contributed by atoms with Gasteiger partial charge in [-0.3, -0.25) is 4.79 Å². The zero-order chi connectivity index (χ0) is 22.4. The van der Waals surface area contributed by atoms with Crippen molar-refractivity contribution in [1.82, 2.24) is 5.01 Å². The largest absolute Gasteiger partial charge is 0.416 e. The number of halogens is 4. The lowest BCUT2D eigenvalue weighted by molar-refractivity contribution is -0.137. The smallest absolute Gasteiger partial charge is 0.330 e. The number of nitrogens with two attached hydrogens (primary N) is 1. The lowest BCUT2D eigenvalue weighted by Gasteiger charge is -2.45. The van der Waals surface area contributed by atoms with Gasteiger partial charge in [0, 0.05) is 12.5 Å². The van der Waals surface area contributed by atoms with E-state index in [-0.39, 0.29) is 22.4 Å². The van der Waals surface area contributed by atoms with E-state index in [0.29, 0.717) is 19.0 Å². The summed E-state index contributed by atoms with van der Waals surface area (Å²) in [6.07, 6.45) is -2.50. The predicted octanol–water partition coefficient (Wildman–Crippen LogP) is 4.87. The van der Waals surface area contributed by atoms with Gasteiger partial charge in [0.2, 0.25) is 5.91 Å². The molecule has 0 bridgehead atoms. The van der Waals surface area contributed by atoms with Crippen molar-refractivity contribution in [2.75, 3.05) is 6.54 Å². The van der Waals surface area contributed by atoms with E-state index < -0.39 is 22.4 Å². The lowest BCUT2D eigenvalue weighted by Crippen LogP contribution is -2.49. The number of alkyl halides is 3. The summed E-state index contributed by atoms with van der Waals surface area (Å²) in [6.45, 7) is 1.74. The molecule has 2 aromatic carbocycles. The van der Waals surface area contributed by atoms with E-state index in [4.69, 9.17) is 5.73 Å². The van der Waals surface area contributed by atoms with Gasteiger partial charge in [-0.2, -0.15) is 18.3 Å². The molecule has 2 aliphatic rings. The summed E-state index contributed by atoms with van der Waals surface area (Å²) in [6, 6.07) is 9.88. The topological polar surface area (TPSA) is 58.7 Å². The van der Waals surface area contributed by atoms with Gasteiger partial charge < -0.3 is 5.73 Å². The Bertz CT molecular complexity index is 1060. The fourth-order valence-corrected chi connectivity index (χ4v) is 6.11. The van der Waals surface area contributed by atoms with Gasteiger partial charge in [0.05, 0.1) is 5.56 Å². The summed E-state index contributed by atoms with van der Waals surface area (Å²) in [7, 11) is 0. The van der Waals surface area contributed by atoms with Crippen LogP contribution >= 0.6 is 11.8 Å². The molecule has 0 saturated heterocycles. The molecule has 164 valence electrons. The molecule has 1 amide bonds. The third-order valence-corrected chi connectivity index (χ3v) is 7.35. The van der Waals surface area contributed by atoms with Crippen molar-refractivity contribution in [3.8, 4) is 0 Å². The average molecular weight is 451 g/mol. The first kappa shape index (κ1) is 21.8. The molecule has 31 heavy (non-hydrogen) atoms. The van der Waals surface area contributed by atoms with Crippen LogP contribution < -0.4 is 5.73 Å². The van der Waals surface area contributed by atoms with Crippen molar-refractivity contribution in [2.45, 2.75) is 37.2 Å². The number of thioether (sulfide) groups is 1. The van der Waals surface area contributed by atoms with Crippen molar-refractivity contribution in [1.29, 1.82) is 0 Å². The van der Waals surface area contributed by atoms with Gasteiger partial charge >= 0.3 is 6.18 Å². The zero-order valence-electron chi connectivity index (χ0n) is 16.7. The Morgan fingerprint density at radius 1 is 1.29 bits per heavy atom. The minimum Gasteiger partial charge on any atom is -0.330 e. The molecule has 0 fully saturated rings. The number of nitrogens with zero attached hydrogens (tertiary/aromatic N) is 2. The third kappa shape index (κ3) is 3.63. The van der Waals surface area contributed by atoms with Crippen LogP contribution in [0.5, 0.6) is 0 Å². The molecule has 4 rings (SSSR count). The van der Waals surface area contributed by atoms with Crippen molar-refractivity contribution < 1.29 is 22.4 Å². The number of aryl methyl sites for hydroxylation is 1. The fraction of sp³-hybridized carbons (Fsp3) is 0.364. The molecule has 2 aromatic rings. The second-order valence-electron chi connectivity index (χ2n) is 7.70. The maximum atomic E-state index is 14.6. The number of hydrogen-bond acceptors (Lipinski definition) is 4. The Kier molecular flexibility index (Phi) is 5.59. The van der Waals surface area contributed by atoms with Crippen molar-refractivity contribution in [2.24, 2.45) is 16.8 Å². The van der Waals surface area contributed by atoms with Crippen LogP contribution in [0.25, 0.3) is 0 Å². The number of benzene rings is 2. The van der Waals surface area contributed by atoms with Gasteiger partial charge in [0.25, 0.3) is 0 Å². The first-order valence-corrected chi connectivity index (χ1v) is 10.7. The van der Waals surface area contributed by atoms with Crippen LogP contribution in [-0.4, -0.2) is 22.5 Å². The summed E-state index contributed by atoms with van der Waals surface area (Å²) in [5, 5.41) is 5.73. The molecule has 0 aromatic heterocycles. The first-order valence-electron chi connectivity index (χ1n) is 9.92. The summed E-state index contributed by atoms with van der Waals surface area (Å²) in [5.74, 6) is -1.27. The highest BCUT2D eigenvalue weighted by molar-refractivity contribution is 8.15. The summed E-state index contributed by atoms with van der Waals surface area (Å²) in [5.41, 5.74) is 6.52. The lowest BCUT2D eigenvalue weighted by atomic mass is 9.77. The van der Waals surface area contributed by atoms with Crippen LogP contribution in [0, 0.1) is 11.7 Å². The summed E-state index contributed by atoms with van der Waals surface area (Å²) < 4.78 is 54.4. The summed E-state index contributed by atoms with van der Waals surface area (Å²) >= 11 is 1.14. The highest BCUT2D eigenvalue weighted by atomic mass is 32.2. The molecule has 1 aliphatic heterocycles. The Morgan fingerprint density at radius 3 is 2.71 bits per heavy atom. The van der Waals surface area contributed by atoms with Crippen LogP contribution in [0.1, 0.15) is 42.0 Å². The van der Waals surface area contributed by atoms with E-state index in [1.54, 1.807) is 0 Å². The SMILES string of the molecule is CC(=O)N1N=C(c2cc(C(F)(F)F)ccc2F)S[C@@]12c1ccccc1CC[C@@H]2CCN. The quantitative estimate of drug-likeness (QED) is 0.678. The zero-order valence-corrected chi connectivity index (χ0v) is 17.6. The Hall–Kier alpha value is -2.39. The van der Waals surface area contributed by atoms with E-state index in [0.717, 1.165) is 47.9 Å². The van der Waals surface area contributed by atoms with E-state index in [1.165, 1.54) is 11.9 Å². The fourth-order valence-electron chi connectivity index (χ4n) is 4.45. The number of hydrazone groups is 1. The van der Waals surface area contributed by atoms with Gasteiger partial charge in [-0.25, -0.2) is 9.40 Å². The molecule has 0 saturated carbocycles. The van der Waals surface area contributed by atoms with E-state index in [1.807, 2.05) is 24.3 Å². The van der Waals surface area contributed by atoms with Crippen molar-refractivity contribution in [3.05, 3.63) is 70.5 Å². The van der Waals surface area contributed by atoms with Crippen LogP contribution in [0.4, 0.5) is 17.6 Å². The number of fused-ring (bicyclic) bond motifs is 2. The molecule has 1 heterocycles. The molecular formula is C22H21F4N3OS. The predicted molar refractivity (Wildman–Crippen MR) is 112 cm³/mol. The standard InChI is InChI=1S/C22H21F4N3OS/c1-13(30)29-21(15(10-11-27)7-6-14-4-2-3-5-18(14)21)31-20(28-29)17-12-16(22(24,25)26)8-9-19(17)23/h2-5,8-9,12,15H,6-7,10-11,27H2,1H3/t15-,21+/m1/s1. The molecule has 0 unspecified atom stereocenters. The van der Waals surface area contributed by atoms with Gasteiger partial charge in [-0.1, -0.05) is 36.0 Å². The van der Waals surface area contributed by atoms with E-state index in [2.05, 4.69) is 5.10 Å². The number of rotatable bonds is 3. The first-order chi connectivity index (χ1) is 14.7. The minimum absolute atomic E-state index is 0.0533. The van der Waals surface area contributed by atoms with Crippen LogP contribution in [0.2, 0.25) is 0 Å². The maximum Gasteiger partial charge on any atom is 0.416 e. The van der Waals surface area contributed by atoms with Crippen LogP contribution in [0.3, 0.4) is 0 Å². The van der Waals surface area contributed by atoms with Gasteiger partial charge in [0.1, 0.15) is 15.7 Å². The molecule has 1 spiro atoms. The van der Waals surface area contributed by atoms with Crippen LogP contribution in [-0.2, 0) is 22.3 Å². The average Bonchev–Trinajstić information content (AvgIpc) is 3.11. The highest BCUT2D eigenvalue weighted by Crippen LogP contribution is 2.57. The summed E-state index contributed by atoms with van der Waals surface area (Å²) in [4.78, 5) is 11.7. The van der Waals surface area contributed by atoms with Gasteiger partial charge in [0.15, 0.2) is 0 Å². The van der Waals surface area contributed by atoms with Gasteiger partial charge in [-0.05, 0) is 61.1 Å². The molecule has 2 atom stereocenters. The van der Waals surface area contributed by atoms with Crippen LogP contribution in [0.15, 0.2) is 47.6 Å². The molecule has 1 aliphatic carbocycles. The van der Waals surface area contributed by atoms with E-state index in [9.17, 15) is 22.4 Å². The Labute approximate surface area is 181 Å². The highest BCUT2D eigenvalue weighted by Gasteiger charge is 2.55. The number of carbonyl (C=O) groups is 1. The number of amides is 1. The Balaban J connectivity index is 1.88.